The van der Waals surface area contributed by atoms with Gasteiger partial charge in [0.1, 0.15) is 0 Å². The molecule has 2 heteroatoms. The fourth-order valence-electron chi connectivity index (χ4n) is 2.28. The van der Waals surface area contributed by atoms with E-state index in [1.807, 2.05) is 12.1 Å². The van der Waals surface area contributed by atoms with Crippen molar-refractivity contribution in [3.8, 4) is 0 Å². The Bertz CT molecular complexity index is 546. The van der Waals surface area contributed by atoms with Crippen molar-refractivity contribution >= 4 is 17.3 Å². The van der Waals surface area contributed by atoms with E-state index in [1.54, 1.807) is 0 Å². The summed E-state index contributed by atoms with van der Waals surface area (Å²) in [6, 6.07) is 14.9. The van der Waals surface area contributed by atoms with Gasteiger partial charge in [0.15, 0.2) is 0 Å². The van der Waals surface area contributed by atoms with Gasteiger partial charge in [-0.2, -0.15) is 0 Å². The number of hydrogen-bond donors (Lipinski definition) is 1. The average Bonchev–Trinajstić information content (AvgIpc) is 2.39. The number of hydrogen-bond acceptors (Lipinski definition) is 1. The Morgan fingerprint density at radius 1 is 1.05 bits per heavy atom. The van der Waals surface area contributed by atoms with E-state index in [1.165, 1.54) is 22.4 Å². The zero-order valence-corrected chi connectivity index (χ0v) is 12.5. The molecule has 0 aliphatic rings. The van der Waals surface area contributed by atoms with Crippen LogP contribution >= 0.6 is 11.6 Å². The smallest absolute Gasteiger partial charge is 0.0511 e. The Balaban J connectivity index is 2.21. The van der Waals surface area contributed by atoms with E-state index in [9.17, 15) is 0 Å². The Hall–Kier alpha value is -1.47. The van der Waals surface area contributed by atoms with Crippen LogP contribution in [0.3, 0.4) is 0 Å². The van der Waals surface area contributed by atoms with Gasteiger partial charge in [-0.3, -0.25) is 0 Å². The van der Waals surface area contributed by atoms with Crippen molar-refractivity contribution in [2.75, 3.05) is 5.32 Å². The van der Waals surface area contributed by atoms with Gasteiger partial charge in [-0.1, -0.05) is 48.4 Å². The van der Waals surface area contributed by atoms with Gasteiger partial charge in [0.2, 0.25) is 0 Å². The number of rotatable bonds is 4. The van der Waals surface area contributed by atoms with Gasteiger partial charge in [-0.05, 0) is 49.6 Å². The van der Waals surface area contributed by atoms with Crippen molar-refractivity contribution in [1.29, 1.82) is 0 Å². The molecule has 0 bridgehead atoms. The molecule has 0 heterocycles. The van der Waals surface area contributed by atoms with Crippen LogP contribution in [-0.4, -0.2) is 0 Å². The van der Waals surface area contributed by atoms with Crippen molar-refractivity contribution in [3.63, 3.8) is 0 Å². The second-order valence-corrected chi connectivity index (χ2v) is 5.41. The normalized spacial score (nSPS) is 12.2. The maximum absolute atomic E-state index is 5.94. The van der Waals surface area contributed by atoms with Crippen LogP contribution < -0.4 is 5.32 Å². The van der Waals surface area contributed by atoms with Crippen molar-refractivity contribution in [2.24, 2.45) is 0 Å². The largest absolute Gasteiger partial charge is 0.378 e. The Morgan fingerprint density at radius 3 is 2.32 bits per heavy atom. The summed E-state index contributed by atoms with van der Waals surface area (Å²) in [6.07, 6.45) is 1.04. The molecule has 1 unspecified atom stereocenters. The first-order chi connectivity index (χ1) is 9.10. The summed E-state index contributed by atoms with van der Waals surface area (Å²) in [5.74, 6) is 0. The first kappa shape index (κ1) is 14.0. The molecule has 19 heavy (non-hydrogen) atoms. The van der Waals surface area contributed by atoms with Crippen LogP contribution in [0.25, 0.3) is 0 Å². The molecule has 1 atom stereocenters. The Labute approximate surface area is 120 Å². The Morgan fingerprint density at radius 2 is 1.74 bits per heavy atom. The van der Waals surface area contributed by atoms with E-state index in [2.05, 4.69) is 56.4 Å². The average molecular weight is 274 g/mol. The third kappa shape index (κ3) is 3.51. The maximum Gasteiger partial charge on any atom is 0.0511 e. The fourth-order valence-corrected chi connectivity index (χ4v) is 2.41. The van der Waals surface area contributed by atoms with E-state index < -0.39 is 0 Å². The zero-order valence-electron chi connectivity index (χ0n) is 11.7. The summed E-state index contributed by atoms with van der Waals surface area (Å²) in [4.78, 5) is 0. The van der Waals surface area contributed by atoms with Gasteiger partial charge in [0.05, 0.1) is 6.04 Å². The first-order valence-electron chi connectivity index (χ1n) is 6.69. The molecule has 0 spiro atoms. The summed E-state index contributed by atoms with van der Waals surface area (Å²) in [7, 11) is 0. The minimum absolute atomic E-state index is 0.318. The molecular formula is C17H20ClN. The summed E-state index contributed by atoms with van der Waals surface area (Å²) >= 11 is 5.94. The Kier molecular flexibility index (Phi) is 4.49. The molecule has 0 saturated heterocycles. The van der Waals surface area contributed by atoms with E-state index in [0.717, 1.165) is 11.4 Å². The molecule has 0 aromatic heterocycles. The van der Waals surface area contributed by atoms with Gasteiger partial charge in [0, 0.05) is 10.7 Å². The van der Waals surface area contributed by atoms with Crippen molar-refractivity contribution in [3.05, 3.63) is 64.2 Å². The molecule has 0 fully saturated rings. The number of aryl methyl sites for hydroxylation is 2. The SMILES string of the molecule is CCC(Nc1ccc(C)cc1C)c1ccc(Cl)cc1. The van der Waals surface area contributed by atoms with E-state index in [-0.39, 0.29) is 0 Å². The van der Waals surface area contributed by atoms with E-state index in [4.69, 9.17) is 11.6 Å². The highest BCUT2D eigenvalue weighted by Crippen LogP contribution is 2.26. The van der Waals surface area contributed by atoms with Crippen LogP contribution in [0.1, 0.15) is 36.1 Å². The molecule has 2 aromatic carbocycles. The van der Waals surface area contributed by atoms with Gasteiger partial charge >= 0.3 is 0 Å². The lowest BCUT2D eigenvalue weighted by Crippen LogP contribution is -2.10. The number of anilines is 1. The fraction of sp³-hybridized carbons (Fsp3) is 0.294. The van der Waals surface area contributed by atoms with Crippen molar-refractivity contribution in [2.45, 2.75) is 33.2 Å². The second-order valence-electron chi connectivity index (χ2n) is 4.98. The molecular weight excluding hydrogens is 254 g/mol. The zero-order chi connectivity index (χ0) is 13.8. The van der Waals surface area contributed by atoms with Gasteiger partial charge < -0.3 is 5.32 Å². The van der Waals surface area contributed by atoms with Crippen LogP contribution in [0.15, 0.2) is 42.5 Å². The molecule has 0 amide bonds. The number of halogens is 1. The van der Waals surface area contributed by atoms with Crippen molar-refractivity contribution in [1.82, 2.24) is 0 Å². The van der Waals surface area contributed by atoms with E-state index in [0.29, 0.717) is 6.04 Å². The second kappa shape index (κ2) is 6.12. The van der Waals surface area contributed by atoms with Crippen molar-refractivity contribution < 1.29 is 0 Å². The molecule has 0 radical (unpaired) electrons. The van der Waals surface area contributed by atoms with Gasteiger partial charge in [-0.25, -0.2) is 0 Å². The molecule has 0 saturated carbocycles. The lowest BCUT2D eigenvalue weighted by molar-refractivity contribution is 0.748. The summed E-state index contributed by atoms with van der Waals surface area (Å²) in [5.41, 5.74) is 5.05. The minimum atomic E-state index is 0.318. The van der Waals surface area contributed by atoms with Crippen LogP contribution in [0.5, 0.6) is 0 Å². The van der Waals surface area contributed by atoms with Gasteiger partial charge in [-0.15, -0.1) is 0 Å². The van der Waals surface area contributed by atoms with Crippen LogP contribution in [-0.2, 0) is 0 Å². The molecule has 2 aromatic rings. The predicted octanol–water partition coefficient (Wildman–Crippen LogP) is 5.52. The van der Waals surface area contributed by atoms with Crippen LogP contribution in [0.4, 0.5) is 5.69 Å². The highest BCUT2D eigenvalue weighted by molar-refractivity contribution is 6.30. The van der Waals surface area contributed by atoms with E-state index >= 15 is 0 Å². The maximum atomic E-state index is 5.94. The molecule has 1 nitrogen and oxygen atoms in total. The van der Waals surface area contributed by atoms with Gasteiger partial charge in [0.25, 0.3) is 0 Å². The lowest BCUT2D eigenvalue weighted by atomic mass is 10.0. The number of nitrogens with one attached hydrogen (secondary N) is 1. The highest BCUT2D eigenvalue weighted by atomic mass is 35.5. The molecule has 1 N–H and O–H groups in total. The topological polar surface area (TPSA) is 12.0 Å². The third-order valence-corrected chi connectivity index (χ3v) is 3.64. The quantitative estimate of drug-likeness (QED) is 0.773. The lowest BCUT2D eigenvalue weighted by Gasteiger charge is -2.20. The first-order valence-corrected chi connectivity index (χ1v) is 7.07. The molecule has 100 valence electrons. The molecule has 2 rings (SSSR count). The summed E-state index contributed by atoms with van der Waals surface area (Å²) < 4.78 is 0. The predicted molar refractivity (Wildman–Crippen MR) is 84.0 cm³/mol. The monoisotopic (exact) mass is 273 g/mol. The van der Waals surface area contributed by atoms with Crippen LogP contribution in [0.2, 0.25) is 5.02 Å². The molecule has 0 aliphatic heterocycles. The number of benzene rings is 2. The summed E-state index contributed by atoms with van der Waals surface area (Å²) in [5, 5.41) is 4.40. The highest BCUT2D eigenvalue weighted by Gasteiger charge is 2.10. The van der Waals surface area contributed by atoms with Crippen LogP contribution in [0, 0.1) is 13.8 Å². The third-order valence-electron chi connectivity index (χ3n) is 3.39. The standard InChI is InChI=1S/C17H20ClN/c1-4-16(14-6-8-15(18)9-7-14)19-17-10-5-12(2)11-13(17)3/h5-11,16,19H,4H2,1-3H3. The molecule has 0 aliphatic carbocycles. The summed E-state index contributed by atoms with van der Waals surface area (Å²) in [6.45, 7) is 6.45. The minimum Gasteiger partial charge on any atom is -0.378 e.